The number of methoxy groups -OCH3 is 2. The molecule has 4 rings (SSSR count). The lowest BCUT2D eigenvalue weighted by atomic mass is 9.57. The van der Waals surface area contributed by atoms with Gasteiger partial charge in [0.1, 0.15) is 0 Å². The average molecular weight is 325 g/mol. The molecule has 0 aromatic heterocycles. The normalized spacial score (nSPS) is 35.9. The van der Waals surface area contributed by atoms with Gasteiger partial charge < -0.3 is 9.47 Å². The summed E-state index contributed by atoms with van der Waals surface area (Å²) in [4.78, 5) is 26.8. The third-order valence-electron chi connectivity index (χ3n) is 5.28. The van der Waals surface area contributed by atoms with Crippen LogP contribution in [0, 0.1) is 28.1 Å². The van der Waals surface area contributed by atoms with E-state index in [1.54, 1.807) is 24.3 Å². The molecule has 2 bridgehead atoms. The van der Waals surface area contributed by atoms with Crippen molar-refractivity contribution in [2.24, 2.45) is 5.41 Å². The molecule has 3 heterocycles. The Labute approximate surface area is 139 Å². The first kappa shape index (κ1) is 16.0. The van der Waals surface area contributed by atoms with Gasteiger partial charge in [-0.1, -0.05) is 30.3 Å². The maximum atomic E-state index is 12.7. The second-order valence-electron chi connectivity index (χ2n) is 5.97. The predicted octanol–water partition coefficient (Wildman–Crippen LogP) is 0.372. The summed E-state index contributed by atoms with van der Waals surface area (Å²) in [6.07, 6.45) is 0. The molecule has 0 unspecified atom stereocenters. The number of hydrogen-bond acceptors (Lipinski definition) is 7. The second kappa shape index (κ2) is 5.05. The fourth-order valence-corrected chi connectivity index (χ4v) is 4.18. The van der Waals surface area contributed by atoms with Crippen molar-refractivity contribution in [2.45, 2.75) is 11.0 Å². The van der Waals surface area contributed by atoms with Gasteiger partial charge >= 0.3 is 11.9 Å². The Hall–Kier alpha value is -2.90. The summed E-state index contributed by atoms with van der Waals surface area (Å²) < 4.78 is 9.67. The first-order valence-corrected chi connectivity index (χ1v) is 7.30. The van der Waals surface area contributed by atoms with Crippen LogP contribution >= 0.6 is 0 Å². The van der Waals surface area contributed by atoms with E-state index in [1.165, 1.54) is 4.90 Å². The number of benzene rings is 1. The summed E-state index contributed by atoms with van der Waals surface area (Å²) in [5.41, 5.74) is -4.31. The van der Waals surface area contributed by atoms with Crippen molar-refractivity contribution >= 4 is 11.9 Å². The standard InChI is InChI=1S/C17H15N3O4/c1-23-13(21)16(8-18)15(12-6-4-3-5-7-12)10-20(11-15)17(16,9-19)14(22)24-2/h3-7H,10-11H2,1-2H3/t16-,17+/m0/s1. The van der Waals surface area contributed by atoms with Gasteiger partial charge in [-0.15, -0.1) is 0 Å². The molecular formula is C17H15N3O4. The third-order valence-corrected chi connectivity index (χ3v) is 5.28. The van der Waals surface area contributed by atoms with Crippen LogP contribution < -0.4 is 0 Å². The molecule has 1 aromatic carbocycles. The van der Waals surface area contributed by atoms with Gasteiger partial charge in [-0.3, -0.25) is 9.69 Å². The van der Waals surface area contributed by atoms with E-state index in [-0.39, 0.29) is 13.1 Å². The van der Waals surface area contributed by atoms with E-state index < -0.39 is 28.3 Å². The van der Waals surface area contributed by atoms with E-state index in [9.17, 15) is 20.1 Å². The van der Waals surface area contributed by atoms with Gasteiger partial charge in [-0.2, -0.15) is 10.5 Å². The van der Waals surface area contributed by atoms with Crippen LogP contribution in [0.1, 0.15) is 5.56 Å². The zero-order valence-corrected chi connectivity index (χ0v) is 13.3. The summed E-state index contributed by atoms with van der Waals surface area (Å²) in [6.45, 7) is 0.449. The zero-order chi connectivity index (χ0) is 17.6. The minimum absolute atomic E-state index is 0.225. The van der Waals surface area contributed by atoms with Crippen LogP contribution in [0.25, 0.3) is 0 Å². The van der Waals surface area contributed by atoms with Gasteiger partial charge in [0.25, 0.3) is 0 Å². The van der Waals surface area contributed by atoms with Crippen LogP contribution in [0.3, 0.4) is 0 Å². The number of carbonyl (C=O) groups is 2. The summed E-state index contributed by atoms with van der Waals surface area (Å²) in [6, 6.07) is 12.8. The predicted molar refractivity (Wildman–Crippen MR) is 80.1 cm³/mol. The largest absolute Gasteiger partial charge is 0.468 e. The van der Waals surface area contributed by atoms with Crippen LogP contribution in [0.5, 0.6) is 0 Å². The lowest BCUT2D eigenvalue weighted by Crippen LogP contribution is -2.59. The average Bonchev–Trinajstić information content (AvgIpc) is 3.02. The molecule has 1 aromatic rings. The van der Waals surface area contributed by atoms with E-state index >= 15 is 0 Å². The number of ether oxygens (including phenoxy) is 2. The highest BCUT2D eigenvalue weighted by Crippen LogP contribution is 2.65. The van der Waals surface area contributed by atoms with E-state index in [0.29, 0.717) is 5.56 Å². The molecule has 3 aliphatic heterocycles. The minimum Gasteiger partial charge on any atom is -0.468 e. The Balaban J connectivity index is 2.34. The number of rotatable bonds is 3. The van der Waals surface area contributed by atoms with Crippen LogP contribution in [-0.2, 0) is 24.5 Å². The van der Waals surface area contributed by atoms with Crippen molar-refractivity contribution in [3.8, 4) is 12.1 Å². The monoisotopic (exact) mass is 325 g/mol. The maximum Gasteiger partial charge on any atom is 0.343 e. The molecule has 0 saturated carbocycles. The molecule has 7 heteroatoms. The van der Waals surface area contributed by atoms with Crippen LogP contribution in [0.15, 0.2) is 30.3 Å². The summed E-state index contributed by atoms with van der Waals surface area (Å²) in [5.74, 6) is -1.83. The van der Waals surface area contributed by atoms with Gasteiger partial charge in [-0.25, -0.2) is 4.79 Å². The molecule has 2 atom stereocenters. The molecule has 0 spiro atoms. The van der Waals surface area contributed by atoms with Crippen LogP contribution in [-0.4, -0.2) is 49.7 Å². The highest BCUT2D eigenvalue weighted by atomic mass is 16.5. The molecule has 3 saturated heterocycles. The van der Waals surface area contributed by atoms with Crippen molar-refractivity contribution in [3.63, 3.8) is 0 Å². The molecule has 0 radical (unpaired) electrons. The molecule has 24 heavy (non-hydrogen) atoms. The number of hydrogen-bond donors (Lipinski definition) is 0. The molecular weight excluding hydrogens is 310 g/mol. The molecule has 0 N–H and O–H groups in total. The van der Waals surface area contributed by atoms with E-state index in [4.69, 9.17) is 9.47 Å². The van der Waals surface area contributed by atoms with Gasteiger partial charge in [0.2, 0.25) is 11.0 Å². The van der Waals surface area contributed by atoms with Crippen molar-refractivity contribution in [1.82, 2.24) is 4.90 Å². The zero-order valence-electron chi connectivity index (χ0n) is 13.3. The summed E-state index contributed by atoms with van der Waals surface area (Å²) in [5, 5.41) is 19.9. The first-order chi connectivity index (χ1) is 11.5. The quantitative estimate of drug-likeness (QED) is 0.740. The van der Waals surface area contributed by atoms with Crippen molar-refractivity contribution in [3.05, 3.63) is 35.9 Å². The lowest BCUT2D eigenvalue weighted by molar-refractivity contribution is -0.162. The Bertz CT molecular complexity index is 788. The third kappa shape index (κ3) is 1.39. The molecule has 3 fully saturated rings. The summed E-state index contributed by atoms with van der Waals surface area (Å²) in [7, 11) is 2.28. The molecule has 0 aliphatic carbocycles. The van der Waals surface area contributed by atoms with Crippen LogP contribution in [0.4, 0.5) is 0 Å². The first-order valence-electron chi connectivity index (χ1n) is 7.30. The fraction of sp³-hybridized carbons (Fsp3) is 0.412. The minimum atomic E-state index is -2.03. The van der Waals surface area contributed by atoms with E-state index in [1.807, 2.05) is 18.2 Å². The smallest absolute Gasteiger partial charge is 0.343 e. The number of esters is 2. The summed E-state index contributed by atoms with van der Waals surface area (Å²) >= 11 is 0. The Morgan fingerprint density at radius 3 is 2.08 bits per heavy atom. The Kier molecular flexibility index (Phi) is 3.36. The number of nitrogens with zero attached hydrogens (tertiary/aromatic N) is 3. The van der Waals surface area contributed by atoms with E-state index in [0.717, 1.165) is 14.2 Å². The lowest BCUT2D eigenvalue weighted by Gasteiger charge is -2.43. The van der Waals surface area contributed by atoms with E-state index in [2.05, 4.69) is 0 Å². The number of fused-ring (bicyclic) bond motifs is 1. The van der Waals surface area contributed by atoms with Crippen molar-refractivity contribution < 1.29 is 19.1 Å². The second-order valence-corrected chi connectivity index (χ2v) is 5.97. The number of carbonyl (C=O) groups excluding carboxylic acids is 2. The van der Waals surface area contributed by atoms with Crippen LogP contribution in [0.2, 0.25) is 0 Å². The van der Waals surface area contributed by atoms with Gasteiger partial charge in [0.05, 0.1) is 31.8 Å². The molecule has 7 nitrogen and oxygen atoms in total. The maximum absolute atomic E-state index is 12.7. The Morgan fingerprint density at radius 2 is 1.62 bits per heavy atom. The Morgan fingerprint density at radius 1 is 1.04 bits per heavy atom. The highest BCUT2D eigenvalue weighted by molar-refractivity contribution is 6.00. The highest BCUT2D eigenvalue weighted by Gasteiger charge is 2.87. The molecule has 0 amide bonds. The van der Waals surface area contributed by atoms with Crippen molar-refractivity contribution in [2.75, 3.05) is 27.3 Å². The number of nitriles is 2. The van der Waals surface area contributed by atoms with Gasteiger partial charge in [0.15, 0.2) is 0 Å². The van der Waals surface area contributed by atoms with Gasteiger partial charge in [-0.05, 0) is 5.56 Å². The molecule has 122 valence electrons. The fourth-order valence-electron chi connectivity index (χ4n) is 4.18. The van der Waals surface area contributed by atoms with Crippen molar-refractivity contribution in [1.29, 1.82) is 10.5 Å². The topological polar surface area (TPSA) is 103 Å². The van der Waals surface area contributed by atoms with Gasteiger partial charge in [0, 0.05) is 13.1 Å². The molecule has 3 aliphatic rings. The SMILES string of the molecule is COC(=O)[C@@]1(C#N)N2CC(c3ccccc3)(C2)[C@]1(C#N)C(=O)OC.